The van der Waals surface area contributed by atoms with E-state index in [9.17, 15) is 9.59 Å². The van der Waals surface area contributed by atoms with Crippen LogP contribution in [0.3, 0.4) is 0 Å². The second kappa shape index (κ2) is 8.29. The van der Waals surface area contributed by atoms with Crippen molar-refractivity contribution in [2.24, 2.45) is 29.1 Å². The van der Waals surface area contributed by atoms with Crippen LogP contribution in [0.1, 0.15) is 25.7 Å². The highest BCUT2D eigenvalue weighted by atomic mass is 127. The number of ketones is 1. The van der Waals surface area contributed by atoms with Gasteiger partial charge in [0.2, 0.25) is 0 Å². The van der Waals surface area contributed by atoms with Gasteiger partial charge >= 0.3 is 5.97 Å². The molecule has 5 nitrogen and oxygen atoms in total. The number of halogens is 2. The summed E-state index contributed by atoms with van der Waals surface area (Å²) in [5, 5.41) is 0. The van der Waals surface area contributed by atoms with Crippen molar-refractivity contribution in [2.45, 2.75) is 36.7 Å². The zero-order chi connectivity index (χ0) is 22.9. The molecule has 1 saturated heterocycles. The minimum Gasteiger partial charge on any atom is -0.485 e. The number of rotatable bonds is 7. The van der Waals surface area contributed by atoms with Crippen LogP contribution < -0.4 is 9.47 Å². The molecule has 6 aliphatic rings. The summed E-state index contributed by atoms with van der Waals surface area (Å²) in [6.07, 6.45) is 3.45. The SMILES string of the molecule is O=C(COc1cc(I)c(Oc2ccc([SH2+])cc2)cc1I)CC1C2CC3CC4(C2)C(=O)OC1C34. The monoisotopic (exact) mass is 689 g/mol. The third-order valence-electron chi connectivity index (χ3n) is 7.96. The Morgan fingerprint density at radius 2 is 1.79 bits per heavy atom. The van der Waals surface area contributed by atoms with E-state index in [1.54, 1.807) is 0 Å². The number of carbonyl (C=O) groups excluding carboxylic acids is 2. The third-order valence-corrected chi connectivity index (χ3v) is 9.98. The smallest absolute Gasteiger partial charge is 0.312 e. The molecular formula is C25H23I2O5S+. The number of carbonyl (C=O) groups is 2. The Kier molecular flexibility index (Phi) is 5.64. The standard InChI is InChI=1S/C25H22I2O5S/c26-18-8-21(31-15-1-3-16(33)4-2-15)19(27)7-20(18)30-11-14(28)6-17-12-5-13-10-25(9-12)22(13)23(17)32-24(25)29/h1-4,7-8,12-13,17,22-23,33H,5-6,9-11H2/p+1. The van der Waals surface area contributed by atoms with E-state index in [0.29, 0.717) is 29.9 Å². The number of ether oxygens (including phenoxy) is 3. The molecule has 0 aromatic heterocycles. The van der Waals surface area contributed by atoms with Crippen LogP contribution in [-0.4, -0.2) is 24.5 Å². The number of Topliss-reactive ketones (excluding diaryl/α,β-unsaturated/α-hetero) is 1. The molecule has 172 valence electrons. The molecule has 33 heavy (non-hydrogen) atoms. The molecule has 8 heteroatoms. The van der Waals surface area contributed by atoms with Crippen molar-refractivity contribution < 1.29 is 23.8 Å². The molecule has 1 spiro atoms. The van der Waals surface area contributed by atoms with Crippen LogP contribution in [0, 0.1) is 36.2 Å². The van der Waals surface area contributed by atoms with Crippen LogP contribution in [0.25, 0.3) is 0 Å². The Morgan fingerprint density at radius 1 is 1.09 bits per heavy atom. The minimum absolute atomic E-state index is 0.000804. The first-order chi connectivity index (χ1) is 15.8. The van der Waals surface area contributed by atoms with Crippen LogP contribution in [0.2, 0.25) is 0 Å². The fourth-order valence-electron chi connectivity index (χ4n) is 6.67. The average Bonchev–Trinajstić information content (AvgIpc) is 2.97. The van der Waals surface area contributed by atoms with Crippen LogP contribution in [-0.2, 0) is 27.0 Å². The lowest BCUT2D eigenvalue weighted by atomic mass is 9.38. The maximum absolute atomic E-state index is 12.8. The molecule has 5 saturated carbocycles. The quantitative estimate of drug-likeness (QED) is 0.233. The molecular weight excluding hydrogens is 666 g/mol. The Balaban J connectivity index is 1.09. The van der Waals surface area contributed by atoms with Gasteiger partial charge in [-0.05, 0) is 125 Å². The third kappa shape index (κ3) is 3.69. The molecule has 8 rings (SSSR count). The highest BCUT2D eigenvalue weighted by molar-refractivity contribution is 14.1. The molecule has 0 radical (unpaired) electrons. The first kappa shape index (κ1) is 22.5. The van der Waals surface area contributed by atoms with E-state index in [1.165, 1.54) is 0 Å². The topological polar surface area (TPSA) is 61.8 Å². The van der Waals surface area contributed by atoms with Crippen molar-refractivity contribution in [1.29, 1.82) is 0 Å². The first-order valence-corrected chi connectivity index (χ1v) is 13.8. The molecule has 0 amide bonds. The van der Waals surface area contributed by atoms with Gasteiger partial charge in [-0.1, -0.05) is 0 Å². The van der Waals surface area contributed by atoms with E-state index in [2.05, 4.69) is 57.8 Å². The fourth-order valence-corrected chi connectivity index (χ4v) is 7.98. The Bertz CT molecular complexity index is 1150. The molecule has 0 N–H and O–H groups in total. The van der Waals surface area contributed by atoms with E-state index in [4.69, 9.17) is 14.2 Å². The van der Waals surface area contributed by atoms with Gasteiger partial charge in [0.25, 0.3) is 0 Å². The minimum atomic E-state index is -0.193. The largest absolute Gasteiger partial charge is 0.485 e. The second-order valence-corrected chi connectivity index (χ2v) is 12.7. The van der Waals surface area contributed by atoms with Gasteiger partial charge in [-0.25, -0.2) is 0 Å². The highest BCUT2D eigenvalue weighted by Gasteiger charge is 2.76. The van der Waals surface area contributed by atoms with Crippen molar-refractivity contribution in [2.75, 3.05) is 6.61 Å². The lowest BCUT2D eigenvalue weighted by molar-refractivity contribution is -0.173. The molecule has 6 atom stereocenters. The Morgan fingerprint density at radius 3 is 2.58 bits per heavy atom. The van der Waals surface area contributed by atoms with Crippen LogP contribution in [0.15, 0.2) is 41.3 Å². The van der Waals surface area contributed by atoms with Crippen molar-refractivity contribution in [1.82, 2.24) is 0 Å². The van der Waals surface area contributed by atoms with Crippen molar-refractivity contribution in [3.8, 4) is 17.2 Å². The van der Waals surface area contributed by atoms with E-state index < -0.39 is 0 Å². The average molecular weight is 689 g/mol. The number of hydrogen-bond donors (Lipinski definition) is 0. The summed E-state index contributed by atoms with van der Waals surface area (Å²) in [7, 11) is 0. The van der Waals surface area contributed by atoms with Crippen LogP contribution in [0.4, 0.5) is 0 Å². The van der Waals surface area contributed by atoms with Crippen LogP contribution in [0.5, 0.6) is 17.2 Å². The molecule has 6 unspecified atom stereocenters. The summed E-state index contributed by atoms with van der Waals surface area (Å²) in [4.78, 5) is 26.3. The summed E-state index contributed by atoms with van der Waals surface area (Å²) in [5.74, 6) is 3.82. The van der Waals surface area contributed by atoms with Gasteiger partial charge in [-0.15, -0.1) is 0 Å². The van der Waals surface area contributed by atoms with Crippen molar-refractivity contribution >= 4 is 69.6 Å². The molecule has 1 aliphatic heterocycles. The summed E-state index contributed by atoms with van der Waals surface area (Å²) in [5.41, 5.74) is -0.193. The molecule has 2 aromatic rings. The van der Waals surface area contributed by atoms with Gasteiger partial charge in [-0.2, -0.15) is 0 Å². The molecule has 5 aliphatic carbocycles. The normalized spacial score (nSPS) is 32.8. The Hall–Kier alpha value is -1.01. The van der Waals surface area contributed by atoms with E-state index >= 15 is 0 Å². The fraction of sp³-hybridized carbons (Fsp3) is 0.440. The molecule has 6 fully saturated rings. The predicted molar refractivity (Wildman–Crippen MR) is 142 cm³/mol. The lowest BCUT2D eigenvalue weighted by Gasteiger charge is -2.62. The number of benzene rings is 2. The van der Waals surface area contributed by atoms with Gasteiger partial charge in [0.1, 0.15) is 30.0 Å². The predicted octanol–water partition coefficient (Wildman–Crippen LogP) is 4.98. The van der Waals surface area contributed by atoms with Gasteiger partial charge in [0.15, 0.2) is 10.7 Å². The van der Waals surface area contributed by atoms with E-state index in [1.807, 2.05) is 36.4 Å². The maximum atomic E-state index is 12.8. The summed E-state index contributed by atoms with van der Waals surface area (Å²) in [6.45, 7) is 0.0297. The summed E-state index contributed by atoms with van der Waals surface area (Å²) < 4.78 is 19.5. The highest BCUT2D eigenvalue weighted by Crippen LogP contribution is 2.73. The van der Waals surface area contributed by atoms with Gasteiger partial charge in [0.05, 0.1) is 12.6 Å². The first-order valence-electron chi connectivity index (χ1n) is 11.2. The van der Waals surface area contributed by atoms with Gasteiger partial charge < -0.3 is 14.2 Å². The molecule has 5 bridgehead atoms. The summed E-state index contributed by atoms with van der Waals surface area (Å²) >= 11 is 7.90. The second-order valence-electron chi connectivity index (χ2n) is 9.75. The van der Waals surface area contributed by atoms with Crippen molar-refractivity contribution in [3.05, 3.63) is 43.5 Å². The Labute approximate surface area is 225 Å². The summed E-state index contributed by atoms with van der Waals surface area (Å²) in [6, 6.07) is 11.5. The van der Waals surface area contributed by atoms with E-state index in [0.717, 1.165) is 42.8 Å². The van der Waals surface area contributed by atoms with Crippen LogP contribution >= 0.6 is 45.2 Å². The zero-order valence-electron chi connectivity index (χ0n) is 17.7. The van der Waals surface area contributed by atoms with E-state index in [-0.39, 0.29) is 35.8 Å². The number of esters is 1. The van der Waals surface area contributed by atoms with Crippen molar-refractivity contribution in [3.63, 3.8) is 0 Å². The maximum Gasteiger partial charge on any atom is 0.312 e. The molecule has 1 heterocycles. The number of hydrogen-bond acceptors (Lipinski definition) is 5. The van der Waals surface area contributed by atoms with Gasteiger partial charge in [-0.3, -0.25) is 9.59 Å². The lowest BCUT2D eigenvalue weighted by Crippen LogP contribution is -2.63. The zero-order valence-corrected chi connectivity index (χ0v) is 23.0. The molecule has 2 aromatic carbocycles. The van der Waals surface area contributed by atoms with Gasteiger partial charge in [0, 0.05) is 18.3 Å².